The van der Waals surface area contributed by atoms with Gasteiger partial charge in [0.25, 0.3) is 0 Å². The summed E-state index contributed by atoms with van der Waals surface area (Å²) in [6.45, 7) is 6.19. The zero-order valence-corrected chi connectivity index (χ0v) is 12.3. The molecule has 0 aliphatic heterocycles. The van der Waals surface area contributed by atoms with Crippen LogP contribution in [0.15, 0.2) is 36.7 Å². The van der Waals surface area contributed by atoms with E-state index in [9.17, 15) is 0 Å². The van der Waals surface area contributed by atoms with Gasteiger partial charge in [-0.05, 0) is 43.7 Å². The largest absolute Gasteiger partial charge is 0.312 e. The molecule has 1 aliphatic carbocycles. The number of nitrogens with zero attached hydrogens (tertiary/aromatic N) is 2. The molecule has 1 fully saturated rings. The van der Waals surface area contributed by atoms with Gasteiger partial charge in [0, 0.05) is 18.8 Å². The van der Waals surface area contributed by atoms with Gasteiger partial charge in [0.2, 0.25) is 0 Å². The van der Waals surface area contributed by atoms with Crippen LogP contribution >= 0.6 is 0 Å². The third-order valence-corrected chi connectivity index (χ3v) is 4.22. The Morgan fingerprint density at radius 3 is 2.55 bits per heavy atom. The fraction of sp³-hybridized carbons (Fsp3) is 0.471. The summed E-state index contributed by atoms with van der Waals surface area (Å²) in [4.78, 5) is 0. The number of hydrogen-bond donors (Lipinski definition) is 1. The maximum absolute atomic E-state index is 4.30. The first kappa shape index (κ1) is 13.4. The molecule has 0 spiro atoms. The van der Waals surface area contributed by atoms with Crippen LogP contribution < -0.4 is 5.32 Å². The second kappa shape index (κ2) is 5.80. The van der Waals surface area contributed by atoms with Crippen molar-refractivity contribution < 1.29 is 0 Å². The molecule has 106 valence electrons. The lowest BCUT2D eigenvalue weighted by molar-refractivity contribution is 0.286. The van der Waals surface area contributed by atoms with Crippen LogP contribution in [0.1, 0.15) is 35.4 Å². The fourth-order valence-electron chi connectivity index (χ4n) is 2.87. The number of hydrogen-bond acceptors (Lipinski definition) is 2. The van der Waals surface area contributed by atoms with Gasteiger partial charge in [-0.25, -0.2) is 0 Å². The summed E-state index contributed by atoms with van der Waals surface area (Å²) in [7, 11) is 0. The summed E-state index contributed by atoms with van der Waals surface area (Å²) in [5.74, 6) is 0.750. The van der Waals surface area contributed by atoms with Gasteiger partial charge in [-0.15, -0.1) is 0 Å². The van der Waals surface area contributed by atoms with Crippen LogP contribution in [0.5, 0.6) is 0 Å². The topological polar surface area (TPSA) is 29.9 Å². The van der Waals surface area contributed by atoms with Crippen molar-refractivity contribution in [2.75, 3.05) is 6.54 Å². The highest BCUT2D eigenvalue weighted by molar-refractivity contribution is 5.26. The van der Waals surface area contributed by atoms with E-state index in [1.165, 1.54) is 29.5 Å². The molecule has 0 saturated heterocycles. The van der Waals surface area contributed by atoms with Gasteiger partial charge in [-0.2, -0.15) is 5.10 Å². The molecule has 0 bridgehead atoms. The van der Waals surface area contributed by atoms with Gasteiger partial charge in [-0.1, -0.05) is 29.8 Å². The average Bonchev–Trinajstić information content (AvgIpc) is 2.80. The lowest BCUT2D eigenvalue weighted by atomic mass is 9.76. The predicted molar refractivity (Wildman–Crippen MR) is 81.9 cm³/mol. The highest BCUT2D eigenvalue weighted by atomic mass is 15.3. The zero-order chi connectivity index (χ0) is 13.9. The summed E-state index contributed by atoms with van der Waals surface area (Å²) in [6, 6.07) is 9.68. The van der Waals surface area contributed by atoms with Crippen molar-refractivity contribution in [1.29, 1.82) is 0 Å². The minimum Gasteiger partial charge on any atom is -0.312 e. The highest BCUT2D eigenvalue weighted by Gasteiger charge is 2.29. The lowest BCUT2D eigenvalue weighted by Crippen LogP contribution is -2.41. The van der Waals surface area contributed by atoms with E-state index in [4.69, 9.17) is 0 Å². The number of nitrogens with one attached hydrogen (secondary N) is 1. The summed E-state index contributed by atoms with van der Waals surface area (Å²) >= 11 is 0. The summed E-state index contributed by atoms with van der Waals surface area (Å²) in [5, 5.41) is 7.93. The smallest absolute Gasteiger partial charge is 0.0534 e. The molecule has 0 atom stereocenters. The van der Waals surface area contributed by atoms with E-state index >= 15 is 0 Å². The average molecular weight is 269 g/mol. The van der Waals surface area contributed by atoms with Crippen molar-refractivity contribution in [3.05, 3.63) is 53.3 Å². The maximum Gasteiger partial charge on any atom is 0.0534 e. The van der Waals surface area contributed by atoms with E-state index in [1.54, 1.807) is 0 Å². The first-order chi connectivity index (χ1) is 9.70. The minimum atomic E-state index is 0.679. The van der Waals surface area contributed by atoms with Crippen LogP contribution in [-0.2, 0) is 6.54 Å². The third kappa shape index (κ3) is 3.10. The Bertz CT molecular complexity index is 550. The van der Waals surface area contributed by atoms with Gasteiger partial charge in [0.05, 0.1) is 12.7 Å². The second-order valence-electron chi connectivity index (χ2n) is 6.01. The molecule has 20 heavy (non-hydrogen) atoms. The van der Waals surface area contributed by atoms with Crippen LogP contribution in [0.3, 0.4) is 0 Å². The fourth-order valence-corrected chi connectivity index (χ4v) is 2.87. The normalized spacial score (nSPS) is 21.7. The van der Waals surface area contributed by atoms with Crippen LogP contribution in [0.4, 0.5) is 0 Å². The van der Waals surface area contributed by atoms with Gasteiger partial charge < -0.3 is 5.32 Å². The predicted octanol–water partition coefficient (Wildman–Crippen LogP) is 3.04. The zero-order valence-electron chi connectivity index (χ0n) is 12.3. The molecule has 3 rings (SSSR count). The molecule has 0 radical (unpaired) electrons. The second-order valence-corrected chi connectivity index (χ2v) is 6.01. The van der Waals surface area contributed by atoms with E-state index in [0.717, 1.165) is 19.0 Å². The van der Waals surface area contributed by atoms with Gasteiger partial charge >= 0.3 is 0 Å². The quantitative estimate of drug-likeness (QED) is 0.904. The Hall–Kier alpha value is -1.61. The van der Waals surface area contributed by atoms with Crippen LogP contribution in [0.2, 0.25) is 0 Å². The number of aromatic nitrogens is 2. The van der Waals surface area contributed by atoms with Crippen molar-refractivity contribution in [3.8, 4) is 0 Å². The molecule has 1 aromatic carbocycles. The molecular weight excluding hydrogens is 246 g/mol. The summed E-state index contributed by atoms with van der Waals surface area (Å²) in [6.07, 6.45) is 6.54. The van der Waals surface area contributed by atoms with Crippen LogP contribution in [-0.4, -0.2) is 22.4 Å². The standard InChI is InChI=1S/C17H23N3/c1-13-3-5-15(6-4-13)16-9-17(10-16)18-7-8-20-12-14(2)11-19-20/h3-6,11-12,16-18H,7-10H2,1-2H3. The molecule has 0 amide bonds. The van der Waals surface area contributed by atoms with Crippen molar-refractivity contribution in [1.82, 2.24) is 15.1 Å². The van der Waals surface area contributed by atoms with Gasteiger partial charge in [-0.3, -0.25) is 4.68 Å². The van der Waals surface area contributed by atoms with E-state index in [0.29, 0.717) is 6.04 Å². The van der Waals surface area contributed by atoms with Gasteiger partial charge in [0.15, 0.2) is 0 Å². The van der Waals surface area contributed by atoms with Gasteiger partial charge in [0.1, 0.15) is 0 Å². The SMILES string of the molecule is Cc1ccc(C2CC(NCCn3cc(C)cn3)C2)cc1. The highest BCUT2D eigenvalue weighted by Crippen LogP contribution is 2.36. The molecular formula is C17H23N3. The van der Waals surface area contributed by atoms with E-state index in [1.807, 2.05) is 10.9 Å². The molecule has 3 nitrogen and oxygen atoms in total. The molecule has 1 aromatic heterocycles. The van der Waals surface area contributed by atoms with Crippen molar-refractivity contribution in [3.63, 3.8) is 0 Å². The molecule has 1 saturated carbocycles. The molecule has 0 unspecified atom stereocenters. The molecule has 2 aromatic rings. The minimum absolute atomic E-state index is 0.679. The maximum atomic E-state index is 4.30. The Morgan fingerprint density at radius 1 is 1.15 bits per heavy atom. The van der Waals surface area contributed by atoms with E-state index < -0.39 is 0 Å². The Morgan fingerprint density at radius 2 is 1.90 bits per heavy atom. The van der Waals surface area contributed by atoms with Crippen LogP contribution in [0.25, 0.3) is 0 Å². The van der Waals surface area contributed by atoms with Crippen LogP contribution in [0, 0.1) is 13.8 Å². The Balaban J connectivity index is 1.39. The number of rotatable bonds is 5. The van der Waals surface area contributed by atoms with E-state index in [-0.39, 0.29) is 0 Å². The summed E-state index contributed by atoms with van der Waals surface area (Å²) in [5.41, 5.74) is 4.07. The number of benzene rings is 1. The lowest BCUT2D eigenvalue weighted by Gasteiger charge is -2.36. The van der Waals surface area contributed by atoms with Crippen molar-refractivity contribution >= 4 is 0 Å². The number of aryl methyl sites for hydroxylation is 2. The first-order valence-electron chi connectivity index (χ1n) is 7.50. The molecule has 1 heterocycles. The Kier molecular flexibility index (Phi) is 3.88. The Labute approximate surface area is 121 Å². The van der Waals surface area contributed by atoms with Crippen molar-refractivity contribution in [2.24, 2.45) is 0 Å². The molecule has 1 aliphatic rings. The molecule has 1 N–H and O–H groups in total. The van der Waals surface area contributed by atoms with Crippen molar-refractivity contribution in [2.45, 2.75) is 45.2 Å². The monoisotopic (exact) mass is 269 g/mol. The van der Waals surface area contributed by atoms with E-state index in [2.05, 4.69) is 54.7 Å². The summed E-state index contributed by atoms with van der Waals surface area (Å²) < 4.78 is 2.01. The molecule has 3 heteroatoms. The first-order valence-corrected chi connectivity index (χ1v) is 7.50. The third-order valence-electron chi connectivity index (χ3n) is 4.22.